The standard InChI is InChI=1S/C18H22N2O6/c1-26-14-5-3-2-4-13(14)20-11-12(10-15(20)21)16(22)19-8-6-18(25,7-9-19)17(23)24/h2-5,12,25H,6-11H2,1H3,(H,23,24). The lowest BCUT2D eigenvalue weighted by atomic mass is 9.91. The van der Waals surface area contributed by atoms with Gasteiger partial charge in [-0.15, -0.1) is 0 Å². The van der Waals surface area contributed by atoms with Crippen molar-refractivity contribution >= 4 is 23.5 Å². The van der Waals surface area contributed by atoms with Gasteiger partial charge in [0.05, 0.1) is 18.7 Å². The molecule has 3 rings (SSSR count). The monoisotopic (exact) mass is 362 g/mol. The van der Waals surface area contributed by atoms with Crippen molar-refractivity contribution in [1.29, 1.82) is 0 Å². The number of carbonyl (C=O) groups excluding carboxylic acids is 2. The van der Waals surface area contributed by atoms with Crippen LogP contribution < -0.4 is 9.64 Å². The second kappa shape index (κ2) is 6.95. The number of amides is 2. The minimum atomic E-state index is -1.77. The summed E-state index contributed by atoms with van der Waals surface area (Å²) < 4.78 is 5.29. The highest BCUT2D eigenvalue weighted by Gasteiger charge is 2.43. The molecule has 26 heavy (non-hydrogen) atoms. The number of aliphatic hydroxyl groups is 1. The van der Waals surface area contributed by atoms with Crippen molar-refractivity contribution in [1.82, 2.24) is 4.90 Å². The predicted molar refractivity (Wildman–Crippen MR) is 91.9 cm³/mol. The van der Waals surface area contributed by atoms with Crippen molar-refractivity contribution < 1.29 is 29.3 Å². The number of benzene rings is 1. The minimum Gasteiger partial charge on any atom is -0.495 e. The van der Waals surface area contributed by atoms with Gasteiger partial charge >= 0.3 is 5.97 Å². The molecule has 0 radical (unpaired) electrons. The SMILES string of the molecule is COc1ccccc1N1CC(C(=O)N2CCC(O)(C(=O)O)CC2)CC1=O. The number of likely N-dealkylation sites (tertiary alicyclic amines) is 1. The van der Waals surface area contributed by atoms with E-state index in [1.807, 2.05) is 6.07 Å². The zero-order valence-corrected chi connectivity index (χ0v) is 14.6. The molecule has 1 aromatic carbocycles. The van der Waals surface area contributed by atoms with Gasteiger partial charge < -0.3 is 24.7 Å². The van der Waals surface area contributed by atoms with Crippen LogP contribution in [0, 0.1) is 5.92 Å². The van der Waals surface area contributed by atoms with Gasteiger partial charge in [-0.2, -0.15) is 0 Å². The Hall–Kier alpha value is -2.61. The Balaban J connectivity index is 1.67. The maximum atomic E-state index is 12.7. The van der Waals surface area contributed by atoms with Gasteiger partial charge in [-0.1, -0.05) is 12.1 Å². The fraction of sp³-hybridized carbons (Fsp3) is 0.500. The summed E-state index contributed by atoms with van der Waals surface area (Å²) in [7, 11) is 1.53. The molecule has 140 valence electrons. The van der Waals surface area contributed by atoms with E-state index in [4.69, 9.17) is 9.84 Å². The first kappa shape index (κ1) is 18.2. The van der Waals surface area contributed by atoms with Gasteiger partial charge in [-0.3, -0.25) is 9.59 Å². The van der Waals surface area contributed by atoms with Crippen LogP contribution in [0.2, 0.25) is 0 Å². The van der Waals surface area contributed by atoms with Crippen molar-refractivity contribution in [2.45, 2.75) is 24.9 Å². The number of rotatable bonds is 4. The molecule has 8 heteroatoms. The molecule has 1 unspecified atom stereocenters. The second-order valence-corrected chi connectivity index (χ2v) is 6.74. The van der Waals surface area contributed by atoms with E-state index in [1.54, 1.807) is 28.0 Å². The quantitative estimate of drug-likeness (QED) is 0.807. The van der Waals surface area contributed by atoms with E-state index >= 15 is 0 Å². The molecule has 2 aliphatic heterocycles. The molecule has 0 bridgehead atoms. The molecule has 2 saturated heterocycles. The third kappa shape index (κ3) is 3.24. The molecular formula is C18H22N2O6. The van der Waals surface area contributed by atoms with Crippen LogP contribution in [0.4, 0.5) is 5.69 Å². The van der Waals surface area contributed by atoms with Gasteiger partial charge in [0.25, 0.3) is 0 Å². The number of hydrogen-bond acceptors (Lipinski definition) is 5. The number of para-hydroxylation sites is 2. The van der Waals surface area contributed by atoms with Crippen LogP contribution >= 0.6 is 0 Å². The van der Waals surface area contributed by atoms with E-state index in [2.05, 4.69) is 0 Å². The summed E-state index contributed by atoms with van der Waals surface area (Å²) in [5.74, 6) is -1.50. The summed E-state index contributed by atoms with van der Waals surface area (Å²) in [4.78, 5) is 39.4. The first-order chi connectivity index (χ1) is 12.4. The first-order valence-corrected chi connectivity index (χ1v) is 8.53. The van der Waals surface area contributed by atoms with Gasteiger partial charge in [0.1, 0.15) is 5.75 Å². The highest BCUT2D eigenvalue weighted by molar-refractivity contribution is 6.01. The molecule has 2 heterocycles. The van der Waals surface area contributed by atoms with Crippen LogP contribution in [0.1, 0.15) is 19.3 Å². The van der Waals surface area contributed by atoms with Crippen molar-refractivity contribution in [2.24, 2.45) is 5.92 Å². The van der Waals surface area contributed by atoms with E-state index in [0.717, 1.165) is 0 Å². The topological polar surface area (TPSA) is 107 Å². The zero-order chi connectivity index (χ0) is 18.9. The Morgan fingerprint density at radius 2 is 1.88 bits per heavy atom. The smallest absolute Gasteiger partial charge is 0.335 e. The molecule has 0 spiro atoms. The fourth-order valence-corrected chi connectivity index (χ4v) is 3.53. The normalized spacial score (nSPS) is 22.4. The molecule has 2 N–H and O–H groups in total. The molecule has 0 saturated carbocycles. The molecule has 1 atom stereocenters. The number of carboxylic acid groups (broad SMARTS) is 1. The van der Waals surface area contributed by atoms with Crippen molar-refractivity contribution in [3.8, 4) is 5.75 Å². The second-order valence-electron chi connectivity index (χ2n) is 6.74. The number of ether oxygens (including phenoxy) is 1. The van der Waals surface area contributed by atoms with Crippen LogP contribution in [-0.2, 0) is 14.4 Å². The summed E-state index contributed by atoms with van der Waals surface area (Å²) in [6, 6.07) is 7.15. The van der Waals surface area contributed by atoms with Crippen LogP contribution in [0.25, 0.3) is 0 Å². The van der Waals surface area contributed by atoms with E-state index in [0.29, 0.717) is 11.4 Å². The average Bonchev–Trinajstić information content (AvgIpc) is 3.03. The molecule has 1 aromatic rings. The summed E-state index contributed by atoms with van der Waals surface area (Å²) in [6.45, 7) is 0.597. The number of aliphatic carboxylic acids is 1. The Kier molecular flexibility index (Phi) is 4.86. The molecule has 0 aliphatic carbocycles. The van der Waals surface area contributed by atoms with E-state index in [9.17, 15) is 19.5 Å². The Morgan fingerprint density at radius 3 is 2.50 bits per heavy atom. The maximum Gasteiger partial charge on any atom is 0.335 e. The maximum absolute atomic E-state index is 12.7. The third-order valence-corrected chi connectivity index (χ3v) is 5.15. The first-order valence-electron chi connectivity index (χ1n) is 8.53. The number of piperidine rings is 1. The number of carbonyl (C=O) groups is 3. The van der Waals surface area contributed by atoms with E-state index in [-0.39, 0.29) is 50.7 Å². The molecule has 8 nitrogen and oxygen atoms in total. The van der Waals surface area contributed by atoms with Crippen LogP contribution in [-0.4, -0.2) is 65.2 Å². The molecule has 2 amide bonds. The van der Waals surface area contributed by atoms with Crippen molar-refractivity contribution in [3.05, 3.63) is 24.3 Å². The molecule has 0 aromatic heterocycles. The van der Waals surface area contributed by atoms with Gasteiger partial charge in [0.15, 0.2) is 5.60 Å². The van der Waals surface area contributed by atoms with Gasteiger partial charge in [-0.25, -0.2) is 4.79 Å². The predicted octanol–water partition coefficient (Wildman–Crippen LogP) is 0.486. The van der Waals surface area contributed by atoms with Crippen molar-refractivity contribution in [2.75, 3.05) is 31.6 Å². The Morgan fingerprint density at radius 1 is 1.23 bits per heavy atom. The lowest BCUT2D eigenvalue weighted by Gasteiger charge is -2.36. The number of hydrogen-bond donors (Lipinski definition) is 2. The number of carboxylic acids is 1. The number of methoxy groups -OCH3 is 1. The summed E-state index contributed by atoms with van der Waals surface area (Å²) in [5.41, 5.74) is -1.14. The van der Waals surface area contributed by atoms with E-state index in [1.165, 1.54) is 7.11 Å². The highest BCUT2D eigenvalue weighted by atomic mass is 16.5. The Labute approximate surface area is 151 Å². The number of nitrogens with zero attached hydrogens (tertiary/aromatic N) is 2. The molecule has 2 aliphatic rings. The van der Waals surface area contributed by atoms with Crippen LogP contribution in [0.5, 0.6) is 5.75 Å². The van der Waals surface area contributed by atoms with Crippen molar-refractivity contribution in [3.63, 3.8) is 0 Å². The minimum absolute atomic E-state index is 0.00897. The van der Waals surface area contributed by atoms with Crippen LogP contribution in [0.15, 0.2) is 24.3 Å². The molecule has 2 fully saturated rings. The third-order valence-electron chi connectivity index (χ3n) is 5.15. The largest absolute Gasteiger partial charge is 0.495 e. The number of anilines is 1. The average molecular weight is 362 g/mol. The summed E-state index contributed by atoms with van der Waals surface area (Å²) in [5, 5.41) is 19.1. The molecular weight excluding hydrogens is 340 g/mol. The highest BCUT2D eigenvalue weighted by Crippen LogP contribution is 2.34. The van der Waals surface area contributed by atoms with Gasteiger partial charge in [-0.05, 0) is 12.1 Å². The van der Waals surface area contributed by atoms with Gasteiger partial charge in [0, 0.05) is 38.9 Å². The lowest BCUT2D eigenvalue weighted by Crippen LogP contribution is -2.52. The summed E-state index contributed by atoms with van der Waals surface area (Å²) in [6.07, 6.45) is 0.0898. The fourth-order valence-electron chi connectivity index (χ4n) is 3.53. The zero-order valence-electron chi connectivity index (χ0n) is 14.6. The van der Waals surface area contributed by atoms with E-state index < -0.39 is 17.5 Å². The lowest BCUT2D eigenvalue weighted by molar-refractivity contribution is -0.165. The van der Waals surface area contributed by atoms with Gasteiger partial charge in [0.2, 0.25) is 11.8 Å². The summed E-state index contributed by atoms with van der Waals surface area (Å²) >= 11 is 0. The van der Waals surface area contributed by atoms with Crippen LogP contribution in [0.3, 0.4) is 0 Å². The Bertz CT molecular complexity index is 726.